The lowest BCUT2D eigenvalue weighted by Gasteiger charge is -2.20. The Morgan fingerprint density at radius 1 is 1.19 bits per heavy atom. The van der Waals surface area contributed by atoms with Gasteiger partial charge in [0.2, 0.25) is 0 Å². The number of likely N-dealkylation sites (N-methyl/N-ethyl adjacent to an activating group) is 1. The third kappa shape index (κ3) is 6.56. The molecule has 26 heavy (non-hydrogen) atoms. The Kier molecular flexibility index (Phi) is 7.33. The molecule has 0 unspecified atom stereocenters. The van der Waals surface area contributed by atoms with Crippen molar-refractivity contribution in [3.05, 3.63) is 40.9 Å². The lowest BCUT2D eigenvalue weighted by Crippen LogP contribution is -2.44. The summed E-state index contributed by atoms with van der Waals surface area (Å²) in [6.45, 7) is 5.06. The van der Waals surface area contributed by atoms with Gasteiger partial charge < -0.3 is 9.64 Å². The number of anilines is 1. The highest BCUT2D eigenvalue weighted by molar-refractivity contribution is 6.34. The van der Waals surface area contributed by atoms with E-state index in [2.05, 4.69) is 10.9 Å². The van der Waals surface area contributed by atoms with Crippen LogP contribution >= 0.6 is 11.6 Å². The van der Waals surface area contributed by atoms with Gasteiger partial charge in [-0.1, -0.05) is 11.6 Å². The molecule has 0 aliphatic heterocycles. The molecule has 8 nitrogen and oxygen atoms in total. The Morgan fingerprint density at radius 3 is 2.38 bits per heavy atom. The van der Waals surface area contributed by atoms with Crippen molar-refractivity contribution in [2.24, 2.45) is 0 Å². The van der Waals surface area contributed by atoms with Crippen LogP contribution in [0, 0.1) is 0 Å². The molecular formula is C17H20ClN3O5. The predicted octanol–water partition coefficient (Wildman–Crippen LogP) is 2.23. The molecule has 140 valence electrons. The standard InChI is InChI=1S/C17H20ClN3O5/c1-17(2,3)26-16(25)20-19-15(24)12-8-7-11(10-13(12)18)21(4)14(23)6-5-9-22/h5-10H,1-4H3,(H,19,24)(H,20,25)/b6-5-. The minimum atomic E-state index is -0.814. The quantitative estimate of drug-likeness (QED) is 0.472. The molecule has 0 spiro atoms. The van der Waals surface area contributed by atoms with E-state index in [1.54, 1.807) is 20.8 Å². The molecule has 0 heterocycles. The first kappa shape index (κ1) is 21.2. The highest BCUT2D eigenvalue weighted by Crippen LogP contribution is 2.23. The van der Waals surface area contributed by atoms with Crippen LogP contribution in [0.2, 0.25) is 5.02 Å². The summed E-state index contributed by atoms with van der Waals surface area (Å²) in [6, 6.07) is 4.31. The Morgan fingerprint density at radius 2 is 1.85 bits per heavy atom. The van der Waals surface area contributed by atoms with Gasteiger partial charge in [0.25, 0.3) is 11.8 Å². The average molecular weight is 382 g/mol. The van der Waals surface area contributed by atoms with Crippen LogP contribution < -0.4 is 15.8 Å². The molecule has 0 fully saturated rings. The van der Waals surface area contributed by atoms with E-state index < -0.39 is 23.5 Å². The van der Waals surface area contributed by atoms with Crippen LogP contribution in [0.25, 0.3) is 0 Å². The van der Waals surface area contributed by atoms with Crippen LogP contribution in [0.3, 0.4) is 0 Å². The number of carbonyl (C=O) groups excluding carboxylic acids is 4. The zero-order valence-corrected chi connectivity index (χ0v) is 15.6. The molecule has 0 atom stereocenters. The number of hydrogen-bond acceptors (Lipinski definition) is 5. The number of aldehydes is 1. The van der Waals surface area contributed by atoms with Crippen LogP contribution in [0.4, 0.5) is 10.5 Å². The fraction of sp³-hybridized carbons (Fsp3) is 0.294. The average Bonchev–Trinajstić information content (AvgIpc) is 2.55. The third-order valence-corrected chi connectivity index (χ3v) is 3.22. The molecule has 1 aromatic carbocycles. The van der Waals surface area contributed by atoms with Crippen LogP contribution in [0.1, 0.15) is 31.1 Å². The number of carbonyl (C=O) groups is 4. The second-order valence-corrected chi connectivity index (χ2v) is 6.54. The second-order valence-electron chi connectivity index (χ2n) is 6.14. The summed E-state index contributed by atoms with van der Waals surface area (Å²) in [4.78, 5) is 47.0. The van der Waals surface area contributed by atoms with Crippen molar-refractivity contribution in [3.63, 3.8) is 0 Å². The van der Waals surface area contributed by atoms with E-state index in [9.17, 15) is 19.2 Å². The number of allylic oxidation sites excluding steroid dienone is 1. The van der Waals surface area contributed by atoms with Gasteiger partial charge in [0.05, 0.1) is 10.6 Å². The summed E-state index contributed by atoms with van der Waals surface area (Å²) >= 11 is 6.08. The molecule has 2 N–H and O–H groups in total. The van der Waals surface area contributed by atoms with Crippen molar-refractivity contribution in [2.45, 2.75) is 26.4 Å². The van der Waals surface area contributed by atoms with E-state index in [4.69, 9.17) is 16.3 Å². The van der Waals surface area contributed by atoms with Crippen LogP contribution in [0.15, 0.2) is 30.4 Å². The van der Waals surface area contributed by atoms with E-state index in [0.29, 0.717) is 12.0 Å². The molecule has 1 rings (SSSR count). The van der Waals surface area contributed by atoms with Crippen molar-refractivity contribution >= 4 is 41.5 Å². The maximum absolute atomic E-state index is 12.1. The number of hydrazine groups is 1. The van der Waals surface area contributed by atoms with E-state index in [1.165, 1.54) is 30.1 Å². The molecule has 0 bridgehead atoms. The van der Waals surface area contributed by atoms with Gasteiger partial charge >= 0.3 is 6.09 Å². The summed E-state index contributed by atoms with van der Waals surface area (Å²) in [6.07, 6.45) is 1.85. The first-order chi connectivity index (χ1) is 12.0. The first-order valence-electron chi connectivity index (χ1n) is 7.53. The van der Waals surface area contributed by atoms with Crippen LogP contribution in [-0.4, -0.2) is 36.8 Å². The molecule has 1 aromatic rings. The molecule has 0 saturated carbocycles. The van der Waals surface area contributed by atoms with Gasteiger partial charge in [-0.25, -0.2) is 10.2 Å². The van der Waals surface area contributed by atoms with E-state index in [1.807, 2.05) is 0 Å². The minimum Gasteiger partial charge on any atom is -0.443 e. The smallest absolute Gasteiger partial charge is 0.426 e. The second kappa shape index (κ2) is 9.00. The van der Waals surface area contributed by atoms with Crippen molar-refractivity contribution < 1.29 is 23.9 Å². The normalized spacial score (nSPS) is 11.0. The highest BCUT2D eigenvalue weighted by Gasteiger charge is 2.18. The van der Waals surface area contributed by atoms with Crippen LogP contribution in [-0.2, 0) is 14.3 Å². The molecule has 9 heteroatoms. The van der Waals surface area contributed by atoms with Gasteiger partial charge in [0.15, 0.2) is 0 Å². The van der Waals surface area contributed by atoms with E-state index in [-0.39, 0.29) is 10.6 Å². The Labute approximate surface area is 156 Å². The maximum atomic E-state index is 12.1. The van der Waals surface area contributed by atoms with E-state index >= 15 is 0 Å². The lowest BCUT2D eigenvalue weighted by atomic mass is 10.2. The Bertz CT molecular complexity index is 740. The number of amides is 3. The third-order valence-electron chi connectivity index (χ3n) is 2.91. The summed E-state index contributed by atoms with van der Waals surface area (Å²) in [7, 11) is 1.49. The zero-order valence-electron chi connectivity index (χ0n) is 14.8. The fourth-order valence-electron chi connectivity index (χ4n) is 1.74. The number of hydrogen-bond donors (Lipinski definition) is 2. The van der Waals surface area contributed by atoms with Gasteiger partial charge in [0.1, 0.15) is 11.9 Å². The van der Waals surface area contributed by atoms with Crippen molar-refractivity contribution in [1.29, 1.82) is 0 Å². The zero-order chi connectivity index (χ0) is 19.9. The van der Waals surface area contributed by atoms with Gasteiger partial charge in [-0.15, -0.1) is 0 Å². The number of rotatable bonds is 4. The predicted molar refractivity (Wildman–Crippen MR) is 96.9 cm³/mol. The molecule has 0 aromatic heterocycles. The van der Waals surface area contributed by atoms with Gasteiger partial charge in [-0.2, -0.15) is 0 Å². The number of nitrogens with zero attached hydrogens (tertiary/aromatic N) is 1. The number of benzene rings is 1. The van der Waals surface area contributed by atoms with Crippen LogP contribution in [0.5, 0.6) is 0 Å². The highest BCUT2D eigenvalue weighted by atomic mass is 35.5. The summed E-state index contributed by atoms with van der Waals surface area (Å²) in [5.74, 6) is -1.08. The fourth-order valence-corrected chi connectivity index (χ4v) is 2.00. The van der Waals surface area contributed by atoms with Gasteiger partial charge in [-0.3, -0.25) is 19.8 Å². The number of ether oxygens (including phenoxy) is 1. The van der Waals surface area contributed by atoms with Crippen molar-refractivity contribution in [1.82, 2.24) is 10.9 Å². The molecule has 0 radical (unpaired) electrons. The van der Waals surface area contributed by atoms with Gasteiger partial charge in [-0.05, 0) is 45.0 Å². The first-order valence-corrected chi connectivity index (χ1v) is 7.91. The van der Waals surface area contributed by atoms with Gasteiger partial charge in [0, 0.05) is 18.8 Å². The summed E-state index contributed by atoms with van der Waals surface area (Å²) in [5.41, 5.74) is 4.11. The summed E-state index contributed by atoms with van der Waals surface area (Å²) in [5, 5.41) is 0.0741. The Balaban J connectivity index is 2.79. The molecule has 0 aliphatic rings. The molecule has 0 aliphatic carbocycles. The molecule has 0 saturated heterocycles. The van der Waals surface area contributed by atoms with Crippen molar-refractivity contribution in [2.75, 3.05) is 11.9 Å². The van der Waals surface area contributed by atoms with Crippen molar-refractivity contribution in [3.8, 4) is 0 Å². The monoisotopic (exact) mass is 381 g/mol. The topological polar surface area (TPSA) is 105 Å². The summed E-state index contributed by atoms with van der Waals surface area (Å²) < 4.78 is 4.99. The maximum Gasteiger partial charge on any atom is 0.426 e. The van der Waals surface area contributed by atoms with E-state index in [0.717, 1.165) is 12.2 Å². The minimum absolute atomic E-state index is 0.0741. The largest absolute Gasteiger partial charge is 0.443 e. The number of nitrogens with one attached hydrogen (secondary N) is 2. The molecule has 3 amide bonds. The Hall–Kier alpha value is -2.87. The SMILES string of the molecule is CN(C(=O)/C=C\C=O)c1ccc(C(=O)NNC(=O)OC(C)(C)C)c(Cl)c1. The number of halogens is 1. The lowest BCUT2D eigenvalue weighted by molar-refractivity contribution is -0.114. The molecular weight excluding hydrogens is 362 g/mol.